The molecule has 9 heteroatoms. The summed E-state index contributed by atoms with van der Waals surface area (Å²) in [5.41, 5.74) is 3.89. The number of Topliss-reactive ketones (excluding diaryl/α,β-unsaturated/α-hetero) is 1. The lowest BCUT2D eigenvalue weighted by Crippen LogP contribution is -2.08. The molecule has 4 aromatic rings. The minimum absolute atomic E-state index is 0.110. The number of carbonyl (C=O) groups is 2. The van der Waals surface area contributed by atoms with Gasteiger partial charge in [-0.25, -0.2) is 14.9 Å². The average Bonchev–Trinajstić information content (AvgIpc) is 3.32. The largest absolute Gasteiger partial charge is 0.462 e. The zero-order valence-electron chi connectivity index (χ0n) is 15.7. The third kappa shape index (κ3) is 2.97. The third-order valence-electron chi connectivity index (χ3n) is 4.53. The first kappa shape index (κ1) is 18.3. The van der Waals surface area contributed by atoms with Gasteiger partial charge in [0.2, 0.25) is 5.78 Å². The molecule has 0 bridgehead atoms. The summed E-state index contributed by atoms with van der Waals surface area (Å²) < 4.78 is 6.97. The molecule has 28 heavy (non-hydrogen) atoms. The molecular weight excluding hydrogens is 378 g/mol. The van der Waals surface area contributed by atoms with Crippen molar-refractivity contribution in [3.05, 3.63) is 46.8 Å². The van der Waals surface area contributed by atoms with E-state index in [0.29, 0.717) is 33.4 Å². The number of ketones is 1. The van der Waals surface area contributed by atoms with Crippen LogP contribution < -0.4 is 0 Å². The number of nitrogens with one attached hydrogen (secondary N) is 2. The zero-order valence-corrected chi connectivity index (χ0v) is 16.5. The first-order valence-electron chi connectivity index (χ1n) is 8.85. The Morgan fingerprint density at radius 3 is 2.82 bits per heavy atom. The van der Waals surface area contributed by atoms with Crippen molar-refractivity contribution in [2.45, 2.75) is 25.9 Å². The van der Waals surface area contributed by atoms with Crippen molar-refractivity contribution in [1.29, 1.82) is 0 Å². The van der Waals surface area contributed by atoms with Crippen molar-refractivity contribution in [3.63, 3.8) is 0 Å². The van der Waals surface area contributed by atoms with Gasteiger partial charge in [0.1, 0.15) is 0 Å². The van der Waals surface area contributed by atoms with Gasteiger partial charge in [0.15, 0.2) is 10.9 Å². The summed E-state index contributed by atoms with van der Waals surface area (Å²) in [7, 11) is 0. The van der Waals surface area contributed by atoms with E-state index in [-0.39, 0.29) is 18.1 Å². The van der Waals surface area contributed by atoms with E-state index >= 15 is 0 Å². The SMILES string of the molecule is CCOC(=O)c1c(C)[nH]c(C(=O)CSc2n[nH]c3nc4ccccc4n23)c1C. The molecule has 8 nitrogen and oxygen atoms in total. The van der Waals surface area contributed by atoms with Gasteiger partial charge in [-0.15, -0.1) is 5.10 Å². The number of ether oxygens (including phenoxy) is 1. The molecule has 0 saturated heterocycles. The fraction of sp³-hybridized carbons (Fsp3) is 0.263. The molecule has 0 amide bonds. The number of rotatable bonds is 6. The van der Waals surface area contributed by atoms with Crippen LogP contribution in [0.4, 0.5) is 0 Å². The maximum Gasteiger partial charge on any atom is 0.340 e. The van der Waals surface area contributed by atoms with E-state index in [4.69, 9.17) is 4.74 Å². The highest BCUT2D eigenvalue weighted by atomic mass is 32.2. The molecule has 0 radical (unpaired) electrons. The van der Waals surface area contributed by atoms with Gasteiger partial charge in [-0.1, -0.05) is 23.9 Å². The highest BCUT2D eigenvalue weighted by Crippen LogP contribution is 2.25. The molecule has 144 valence electrons. The Morgan fingerprint density at radius 2 is 2.04 bits per heavy atom. The molecule has 4 rings (SSSR count). The Hall–Kier alpha value is -3.07. The lowest BCUT2D eigenvalue weighted by Gasteiger charge is -2.03. The lowest BCUT2D eigenvalue weighted by molar-refractivity contribution is 0.0525. The predicted octanol–water partition coefficient (Wildman–Crippen LogP) is 3.31. The molecule has 0 atom stereocenters. The fourth-order valence-corrected chi connectivity index (χ4v) is 4.11. The van der Waals surface area contributed by atoms with Gasteiger partial charge in [0.25, 0.3) is 0 Å². The third-order valence-corrected chi connectivity index (χ3v) is 5.47. The quantitative estimate of drug-likeness (QED) is 0.294. The number of aromatic amines is 2. The number of hydrogen-bond acceptors (Lipinski definition) is 6. The number of aryl methyl sites for hydroxylation is 1. The van der Waals surface area contributed by atoms with Crippen molar-refractivity contribution >= 4 is 40.3 Å². The van der Waals surface area contributed by atoms with Gasteiger partial charge in [-0.3, -0.25) is 9.20 Å². The maximum absolute atomic E-state index is 12.8. The molecule has 1 aromatic carbocycles. The van der Waals surface area contributed by atoms with E-state index in [1.165, 1.54) is 11.8 Å². The summed E-state index contributed by atoms with van der Waals surface area (Å²) in [5.74, 6) is 0.281. The van der Waals surface area contributed by atoms with E-state index < -0.39 is 5.97 Å². The number of fused-ring (bicyclic) bond motifs is 3. The number of para-hydroxylation sites is 2. The minimum atomic E-state index is -0.417. The number of nitrogens with zero attached hydrogens (tertiary/aromatic N) is 3. The standard InChI is InChI=1S/C19H19N5O3S/c1-4-27-17(26)15-10(2)16(20-11(15)3)14(25)9-28-19-23-22-18-21-12-7-5-6-8-13(12)24(18)19/h5-8,20H,4,9H2,1-3H3,(H,21,22). The number of benzene rings is 1. The molecule has 3 heterocycles. The molecule has 2 N–H and O–H groups in total. The number of thioether (sulfide) groups is 1. The van der Waals surface area contributed by atoms with Crippen LogP contribution in [0.2, 0.25) is 0 Å². The second-order valence-electron chi connectivity index (χ2n) is 6.32. The van der Waals surface area contributed by atoms with Gasteiger partial charge in [-0.2, -0.15) is 0 Å². The number of carbonyl (C=O) groups excluding carboxylic acids is 2. The zero-order chi connectivity index (χ0) is 19.8. The van der Waals surface area contributed by atoms with Crippen LogP contribution in [-0.4, -0.2) is 48.7 Å². The summed E-state index contributed by atoms with van der Waals surface area (Å²) in [4.78, 5) is 32.4. The van der Waals surface area contributed by atoms with Crippen molar-refractivity contribution in [2.75, 3.05) is 12.4 Å². The Balaban J connectivity index is 1.58. The normalized spacial score (nSPS) is 11.4. The predicted molar refractivity (Wildman–Crippen MR) is 106 cm³/mol. The Bertz CT molecular complexity index is 1200. The Morgan fingerprint density at radius 1 is 1.25 bits per heavy atom. The van der Waals surface area contributed by atoms with Crippen LogP contribution in [0.1, 0.15) is 39.0 Å². The van der Waals surface area contributed by atoms with Crippen LogP contribution in [0, 0.1) is 13.8 Å². The fourth-order valence-electron chi connectivity index (χ4n) is 3.28. The van der Waals surface area contributed by atoms with Crippen molar-refractivity contribution in [2.24, 2.45) is 0 Å². The second-order valence-corrected chi connectivity index (χ2v) is 7.27. The molecule has 0 spiro atoms. The number of H-pyrrole nitrogens is 2. The molecule has 0 aliphatic heterocycles. The Labute approximate surface area is 164 Å². The minimum Gasteiger partial charge on any atom is -0.462 e. The van der Waals surface area contributed by atoms with Crippen LogP contribution >= 0.6 is 11.8 Å². The van der Waals surface area contributed by atoms with E-state index in [0.717, 1.165) is 11.0 Å². The highest BCUT2D eigenvalue weighted by molar-refractivity contribution is 7.99. The van der Waals surface area contributed by atoms with Crippen molar-refractivity contribution < 1.29 is 14.3 Å². The summed E-state index contributed by atoms with van der Waals surface area (Å²) in [6, 6.07) is 7.75. The number of aromatic nitrogens is 5. The summed E-state index contributed by atoms with van der Waals surface area (Å²) in [6.07, 6.45) is 0. The summed E-state index contributed by atoms with van der Waals surface area (Å²) in [6.45, 7) is 5.56. The average molecular weight is 397 g/mol. The molecule has 0 aliphatic rings. The topological polar surface area (TPSA) is 105 Å². The van der Waals surface area contributed by atoms with Gasteiger partial charge in [0.05, 0.1) is 34.7 Å². The van der Waals surface area contributed by atoms with Gasteiger partial charge >= 0.3 is 5.97 Å². The highest BCUT2D eigenvalue weighted by Gasteiger charge is 2.23. The van der Waals surface area contributed by atoms with E-state index in [2.05, 4.69) is 20.2 Å². The van der Waals surface area contributed by atoms with Crippen LogP contribution in [-0.2, 0) is 4.74 Å². The van der Waals surface area contributed by atoms with Gasteiger partial charge in [0, 0.05) is 5.69 Å². The number of imidazole rings is 1. The van der Waals surface area contributed by atoms with Crippen molar-refractivity contribution in [1.82, 2.24) is 24.6 Å². The van der Waals surface area contributed by atoms with Crippen LogP contribution in [0.5, 0.6) is 0 Å². The van der Waals surface area contributed by atoms with E-state index in [1.54, 1.807) is 20.8 Å². The van der Waals surface area contributed by atoms with Crippen molar-refractivity contribution in [3.8, 4) is 0 Å². The van der Waals surface area contributed by atoms with Crippen LogP contribution in [0.15, 0.2) is 29.4 Å². The second kappa shape index (κ2) is 7.16. The van der Waals surface area contributed by atoms with E-state index in [9.17, 15) is 9.59 Å². The molecule has 0 unspecified atom stereocenters. The molecular formula is C19H19N5O3S. The monoisotopic (exact) mass is 397 g/mol. The molecule has 0 saturated carbocycles. The molecule has 0 aliphatic carbocycles. The van der Waals surface area contributed by atoms with Gasteiger partial charge in [-0.05, 0) is 38.5 Å². The molecule has 3 aromatic heterocycles. The number of esters is 1. The van der Waals surface area contributed by atoms with E-state index in [1.807, 2.05) is 28.7 Å². The van der Waals surface area contributed by atoms with Gasteiger partial charge < -0.3 is 9.72 Å². The van der Waals surface area contributed by atoms with Crippen LogP contribution in [0.3, 0.4) is 0 Å². The summed E-state index contributed by atoms with van der Waals surface area (Å²) in [5, 5.41) is 7.82. The molecule has 0 fully saturated rings. The summed E-state index contributed by atoms with van der Waals surface area (Å²) >= 11 is 1.32. The maximum atomic E-state index is 12.8. The lowest BCUT2D eigenvalue weighted by atomic mass is 10.1. The number of hydrogen-bond donors (Lipinski definition) is 2. The Kier molecular flexibility index (Phi) is 4.68. The first-order valence-corrected chi connectivity index (χ1v) is 9.83. The smallest absolute Gasteiger partial charge is 0.340 e. The first-order chi connectivity index (χ1) is 13.5. The van der Waals surface area contributed by atoms with Crippen LogP contribution in [0.25, 0.3) is 16.8 Å².